The van der Waals surface area contributed by atoms with Gasteiger partial charge in [0.25, 0.3) is 0 Å². The maximum absolute atomic E-state index is 11.9. The monoisotopic (exact) mass is 317 g/mol. The summed E-state index contributed by atoms with van der Waals surface area (Å²) in [7, 11) is 0. The Hall–Kier alpha value is -2.15. The quantitative estimate of drug-likeness (QED) is 0.652. The second-order valence-corrected chi connectivity index (χ2v) is 6.24. The SMILES string of the molecule is C=CCNC(=O)C(C)Sc1nnnn1-c1ccc(C)c(C)c1. The highest BCUT2D eigenvalue weighted by Gasteiger charge is 2.18. The Labute approximate surface area is 134 Å². The highest BCUT2D eigenvalue weighted by molar-refractivity contribution is 8.00. The molecule has 6 nitrogen and oxygen atoms in total. The summed E-state index contributed by atoms with van der Waals surface area (Å²) in [5.41, 5.74) is 3.26. The summed E-state index contributed by atoms with van der Waals surface area (Å²) in [6.45, 7) is 9.95. The number of benzene rings is 1. The number of carbonyl (C=O) groups excluding carboxylic acids is 1. The smallest absolute Gasteiger partial charge is 0.233 e. The van der Waals surface area contributed by atoms with Crippen molar-refractivity contribution in [3.8, 4) is 5.69 Å². The minimum absolute atomic E-state index is 0.0699. The molecule has 0 aliphatic carbocycles. The van der Waals surface area contributed by atoms with Gasteiger partial charge in [-0.05, 0) is 54.5 Å². The van der Waals surface area contributed by atoms with Crippen molar-refractivity contribution < 1.29 is 4.79 Å². The molecule has 1 amide bonds. The van der Waals surface area contributed by atoms with Crippen LogP contribution in [0.5, 0.6) is 0 Å². The van der Waals surface area contributed by atoms with Gasteiger partial charge in [0, 0.05) is 6.54 Å². The van der Waals surface area contributed by atoms with Gasteiger partial charge >= 0.3 is 0 Å². The molecule has 2 aromatic rings. The highest BCUT2D eigenvalue weighted by Crippen LogP contribution is 2.23. The molecule has 0 aliphatic rings. The lowest BCUT2D eigenvalue weighted by molar-refractivity contribution is -0.120. The van der Waals surface area contributed by atoms with E-state index in [1.165, 1.54) is 22.9 Å². The normalized spacial score (nSPS) is 12.0. The number of hydrogen-bond donors (Lipinski definition) is 1. The van der Waals surface area contributed by atoms with Crippen LogP contribution in [0.2, 0.25) is 0 Å². The molecule has 1 aromatic heterocycles. The first-order chi connectivity index (χ1) is 10.5. The van der Waals surface area contributed by atoms with Crippen LogP contribution >= 0.6 is 11.8 Å². The van der Waals surface area contributed by atoms with Gasteiger partial charge in [-0.3, -0.25) is 4.79 Å². The van der Waals surface area contributed by atoms with E-state index in [0.29, 0.717) is 11.7 Å². The fourth-order valence-electron chi connectivity index (χ4n) is 1.80. The van der Waals surface area contributed by atoms with Crippen molar-refractivity contribution in [1.29, 1.82) is 0 Å². The first-order valence-corrected chi connectivity index (χ1v) is 7.82. The predicted molar refractivity (Wildman–Crippen MR) is 87.2 cm³/mol. The Kier molecular flexibility index (Phi) is 5.32. The zero-order chi connectivity index (χ0) is 16.1. The molecule has 0 radical (unpaired) electrons. The van der Waals surface area contributed by atoms with Crippen LogP contribution in [0, 0.1) is 13.8 Å². The third-order valence-electron chi connectivity index (χ3n) is 3.25. The molecule has 116 valence electrons. The summed E-state index contributed by atoms with van der Waals surface area (Å²) in [4.78, 5) is 11.9. The molecule has 0 spiro atoms. The topological polar surface area (TPSA) is 72.7 Å². The molecule has 1 aromatic carbocycles. The van der Waals surface area contributed by atoms with Crippen LogP contribution in [0.4, 0.5) is 0 Å². The number of nitrogens with one attached hydrogen (secondary N) is 1. The average Bonchev–Trinajstić information content (AvgIpc) is 2.95. The molecule has 1 unspecified atom stereocenters. The molecule has 2 rings (SSSR count). The minimum Gasteiger partial charge on any atom is -0.352 e. The van der Waals surface area contributed by atoms with Crippen molar-refractivity contribution in [2.75, 3.05) is 6.54 Å². The third kappa shape index (κ3) is 3.73. The molecule has 22 heavy (non-hydrogen) atoms. The fourth-order valence-corrected chi connectivity index (χ4v) is 2.63. The summed E-state index contributed by atoms with van der Waals surface area (Å²) in [5.74, 6) is -0.0699. The van der Waals surface area contributed by atoms with Gasteiger partial charge in [0.1, 0.15) is 0 Å². The van der Waals surface area contributed by atoms with E-state index in [1.807, 2.05) is 32.0 Å². The van der Waals surface area contributed by atoms with Crippen LogP contribution < -0.4 is 5.32 Å². The summed E-state index contributed by atoms with van der Waals surface area (Å²) < 4.78 is 1.65. The van der Waals surface area contributed by atoms with E-state index in [0.717, 1.165) is 5.69 Å². The van der Waals surface area contributed by atoms with Crippen molar-refractivity contribution in [2.24, 2.45) is 0 Å². The zero-order valence-corrected chi connectivity index (χ0v) is 13.7. The van der Waals surface area contributed by atoms with Crippen LogP contribution in [-0.4, -0.2) is 37.9 Å². The van der Waals surface area contributed by atoms with Gasteiger partial charge in [-0.1, -0.05) is 23.9 Å². The number of nitrogens with zero attached hydrogens (tertiary/aromatic N) is 4. The lowest BCUT2D eigenvalue weighted by atomic mass is 10.1. The molecule has 0 bridgehead atoms. The van der Waals surface area contributed by atoms with Gasteiger partial charge in [0.05, 0.1) is 10.9 Å². The lowest BCUT2D eigenvalue weighted by Crippen LogP contribution is -2.31. The number of rotatable bonds is 6. The summed E-state index contributed by atoms with van der Waals surface area (Å²) >= 11 is 1.32. The Morgan fingerprint density at radius 3 is 2.91 bits per heavy atom. The van der Waals surface area contributed by atoms with Crippen molar-refractivity contribution in [2.45, 2.75) is 31.2 Å². The molecular weight excluding hydrogens is 298 g/mol. The second-order valence-electron chi connectivity index (χ2n) is 4.94. The first-order valence-electron chi connectivity index (χ1n) is 6.94. The fraction of sp³-hybridized carbons (Fsp3) is 0.333. The third-order valence-corrected chi connectivity index (χ3v) is 4.28. The lowest BCUT2D eigenvalue weighted by Gasteiger charge is -2.11. The first kappa shape index (κ1) is 16.2. The van der Waals surface area contributed by atoms with E-state index < -0.39 is 0 Å². The van der Waals surface area contributed by atoms with Gasteiger partial charge in [-0.25, -0.2) is 0 Å². The van der Waals surface area contributed by atoms with Crippen molar-refractivity contribution in [3.63, 3.8) is 0 Å². The van der Waals surface area contributed by atoms with Gasteiger partial charge in [-0.15, -0.1) is 11.7 Å². The van der Waals surface area contributed by atoms with Gasteiger partial charge < -0.3 is 5.32 Å². The molecule has 0 saturated heterocycles. The van der Waals surface area contributed by atoms with E-state index in [2.05, 4.69) is 34.3 Å². The average molecular weight is 317 g/mol. The largest absolute Gasteiger partial charge is 0.352 e. The Morgan fingerprint density at radius 2 is 2.23 bits per heavy atom. The van der Waals surface area contributed by atoms with E-state index in [9.17, 15) is 4.79 Å². The highest BCUT2D eigenvalue weighted by atomic mass is 32.2. The standard InChI is InChI=1S/C15H19N5OS/c1-5-8-16-14(21)12(4)22-15-17-18-19-20(15)13-7-6-10(2)11(3)9-13/h5-7,9,12H,1,8H2,2-4H3,(H,16,21). The van der Waals surface area contributed by atoms with Crippen LogP contribution in [0.1, 0.15) is 18.1 Å². The van der Waals surface area contributed by atoms with Gasteiger partial charge in [-0.2, -0.15) is 4.68 Å². The summed E-state index contributed by atoms with van der Waals surface area (Å²) in [6.07, 6.45) is 1.65. The number of amides is 1. The van der Waals surface area contributed by atoms with Crippen LogP contribution in [0.3, 0.4) is 0 Å². The number of tetrazole rings is 1. The maximum Gasteiger partial charge on any atom is 0.233 e. The molecule has 0 aliphatic heterocycles. The van der Waals surface area contributed by atoms with Crippen molar-refractivity contribution in [3.05, 3.63) is 42.0 Å². The number of aromatic nitrogens is 4. The Morgan fingerprint density at radius 1 is 1.45 bits per heavy atom. The number of aryl methyl sites for hydroxylation is 2. The number of thioether (sulfide) groups is 1. The van der Waals surface area contributed by atoms with Crippen LogP contribution in [-0.2, 0) is 4.79 Å². The number of carbonyl (C=O) groups is 1. The van der Waals surface area contributed by atoms with Crippen LogP contribution in [0.15, 0.2) is 36.0 Å². The van der Waals surface area contributed by atoms with E-state index in [1.54, 1.807) is 10.8 Å². The Bertz CT molecular complexity index is 682. The van der Waals surface area contributed by atoms with Crippen molar-refractivity contribution >= 4 is 17.7 Å². The molecule has 7 heteroatoms. The molecule has 1 N–H and O–H groups in total. The van der Waals surface area contributed by atoms with Crippen molar-refractivity contribution in [1.82, 2.24) is 25.5 Å². The Balaban J connectivity index is 2.17. The summed E-state index contributed by atoms with van der Waals surface area (Å²) in [5, 5.41) is 14.8. The predicted octanol–water partition coefficient (Wildman–Crippen LogP) is 2.06. The van der Waals surface area contributed by atoms with Gasteiger partial charge in [0.15, 0.2) is 0 Å². The van der Waals surface area contributed by atoms with E-state index in [4.69, 9.17) is 0 Å². The molecule has 1 atom stereocenters. The molecule has 0 fully saturated rings. The molecule has 1 heterocycles. The number of hydrogen-bond acceptors (Lipinski definition) is 5. The van der Waals surface area contributed by atoms with Gasteiger partial charge in [0.2, 0.25) is 11.1 Å². The molecule has 0 saturated carbocycles. The van der Waals surface area contributed by atoms with Crippen LogP contribution in [0.25, 0.3) is 5.69 Å². The second kappa shape index (κ2) is 7.22. The summed E-state index contributed by atoms with van der Waals surface area (Å²) in [6, 6.07) is 6.02. The maximum atomic E-state index is 11.9. The zero-order valence-electron chi connectivity index (χ0n) is 12.9. The van der Waals surface area contributed by atoms with E-state index >= 15 is 0 Å². The van der Waals surface area contributed by atoms with E-state index in [-0.39, 0.29) is 11.2 Å². The minimum atomic E-state index is -0.295. The molecular formula is C15H19N5OS.